The van der Waals surface area contributed by atoms with Gasteiger partial charge >= 0.3 is 0 Å². The second-order valence-electron chi connectivity index (χ2n) is 6.90. The van der Waals surface area contributed by atoms with Crippen molar-refractivity contribution < 1.29 is 0 Å². The summed E-state index contributed by atoms with van der Waals surface area (Å²) in [6.45, 7) is 6.16. The highest BCUT2D eigenvalue weighted by Crippen LogP contribution is 2.21. The first-order valence-corrected chi connectivity index (χ1v) is 8.87. The minimum atomic E-state index is 0.693. The molecule has 1 fully saturated rings. The number of aryl methyl sites for hydroxylation is 1. The van der Waals surface area contributed by atoms with Crippen molar-refractivity contribution in [3.05, 3.63) is 35.4 Å². The van der Waals surface area contributed by atoms with Crippen LogP contribution in [-0.2, 0) is 12.8 Å². The quantitative estimate of drug-likeness (QED) is 0.835. The molecule has 0 bridgehead atoms. The third kappa shape index (κ3) is 4.08. The standard InChI is InChI=1S/C19H30N2/c1-16-7-4-5-13-21(16)14-6-12-20-19-11-10-17-8-2-3-9-18(17)15-19/h2-3,8-9,16,19-20H,4-7,10-15H2,1H3. The molecule has 3 rings (SSSR count). The third-order valence-electron chi connectivity index (χ3n) is 5.34. The zero-order valence-corrected chi connectivity index (χ0v) is 13.5. The van der Waals surface area contributed by atoms with Crippen molar-refractivity contribution in [2.24, 2.45) is 0 Å². The summed E-state index contributed by atoms with van der Waals surface area (Å²) < 4.78 is 0. The summed E-state index contributed by atoms with van der Waals surface area (Å²) >= 11 is 0. The van der Waals surface area contributed by atoms with E-state index in [2.05, 4.69) is 41.4 Å². The van der Waals surface area contributed by atoms with Crippen LogP contribution in [0.5, 0.6) is 0 Å². The SMILES string of the molecule is CC1CCCCN1CCCNC1CCc2ccccc2C1. The lowest BCUT2D eigenvalue weighted by atomic mass is 9.88. The number of likely N-dealkylation sites (tertiary alicyclic amines) is 1. The molecule has 0 spiro atoms. The largest absolute Gasteiger partial charge is 0.314 e. The summed E-state index contributed by atoms with van der Waals surface area (Å²) in [4.78, 5) is 2.68. The summed E-state index contributed by atoms with van der Waals surface area (Å²) in [6.07, 6.45) is 9.29. The van der Waals surface area contributed by atoms with E-state index in [1.54, 1.807) is 11.1 Å². The van der Waals surface area contributed by atoms with Gasteiger partial charge in [0.2, 0.25) is 0 Å². The van der Waals surface area contributed by atoms with Crippen LogP contribution in [0.4, 0.5) is 0 Å². The fraction of sp³-hybridized carbons (Fsp3) is 0.684. The molecule has 2 nitrogen and oxygen atoms in total. The Labute approximate surface area is 129 Å². The van der Waals surface area contributed by atoms with Crippen LogP contribution in [0.3, 0.4) is 0 Å². The minimum absolute atomic E-state index is 0.693. The number of nitrogens with one attached hydrogen (secondary N) is 1. The lowest BCUT2D eigenvalue weighted by Gasteiger charge is -2.33. The first-order valence-electron chi connectivity index (χ1n) is 8.87. The predicted octanol–water partition coefficient (Wildman–Crippen LogP) is 3.40. The number of fused-ring (bicyclic) bond motifs is 1. The van der Waals surface area contributed by atoms with E-state index >= 15 is 0 Å². The molecule has 1 N–H and O–H groups in total. The minimum Gasteiger partial charge on any atom is -0.314 e. The molecule has 0 radical (unpaired) electrons. The van der Waals surface area contributed by atoms with Crippen LogP contribution in [0.1, 0.15) is 50.2 Å². The van der Waals surface area contributed by atoms with Gasteiger partial charge in [-0.1, -0.05) is 30.7 Å². The summed E-state index contributed by atoms with van der Waals surface area (Å²) in [5, 5.41) is 3.79. The molecule has 1 aliphatic carbocycles. The molecular formula is C19H30N2. The van der Waals surface area contributed by atoms with Crippen LogP contribution < -0.4 is 5.32 Å². The molecule has 2 heteroatoms. The Kier molecular flexibility index (Phi) is 5.32. The highest BCUT2D eigenvalue weighted by molar-refractivity contribution is 5.30. The maximum atomic E-state index is 3.79. The zero-order valence-electron chi connectivity index (χ0n) is 13.5. The van der Waals surface area contributed by atoms with E-state index in [0.29, 0.717) is 6.04 Å². The monoisotopic (exact) mass is 286 g/mol. The molecule has 2 unspecified atom stereocenters. The first kappa shape index (κ1) is 15.1. The number of piperidine rings is 1. The van der Waals surface area contributed by atoms with Crippen LogP contribution in [0.15, 0.2) is 24.3 Å². The van der Waals surface area contributed by atoms with Gasteiger partial charge < -0.3 is 10.2 Å². The van der Waals surface area contributed by atoms with Crippen LogP contribution in [0.2, 0.25) is 0 Å². The maximum absolute atomic E-state index is 3.79. The molecule has 1 aliphatic heterocycles. The van der Waals surface area contributed by atoms with Gasteiger partial charge in [-0.15, -0.1) is 0 Å². The van der Waals surface area contributed by atoms with Crippen LogP contribution in [0, 0.1) is 0 Å². The number of hydrogen-bond donors (Lipinski definition) is 1. The molecule has 1 heterocycles. The van der Waals surface area contributed by atoms with Crippen molar-refractivity contribution >= 4 is 0 Å². The Hall–Kier alpha value is -0.860. The van der Waals surface area contributed by atoms with E-state index in [9.17, 15) is 0 Å². The molecular weight excluding hydrogens is 256 g/mol. The molecule has 0 amide bonds. The topological polar surface area (TPSA) is 15.3 Å². The van der Waals surface area contributed by atoms with Crippen LogP contribution in [-0.4, -0.2) is 36.6 Å². The molecule has 0 aromatic heterocycles. The molecule has 1 aromatic carbocycles. The van der Waals surface area contributed by atoms with Crippen LogP contribution in [0.25, 0.3) is 0 Å². The van der Waals surface area contributed by atoms with Gasteiger partial charge in [0.25, 0.3) is 0 Å². The van der Waals surface area contributed by atoms with Gasteiger partial charge in [-0.25, -0.2) is 0 Å². The van der Waals surface area contributed by atoms with Crippen molar-refractivity contribution in [1.29, 1.82) is 0 Å². The van der Waals surface area contributed by atoms with E-state index in [1.165, 1.54) is 64.6 Å². The van der Waals surface area contributed by atoms with E-state index < -0.39 is 0 Å². The lowest BCUT2D eigenvalue weighted by Crippen LogP contribution is -2.40. The zero-order chi connectivity index (χ0) is 14.5. The molecule has 1 saturated heterocycles. The van der Waals surface area contributed by atoms with Gasteiger partial charge in [0.05, 0.1) is 0 Å². The smallest absolute Gasteiger partial charge is 0.0111 e. The Balaban J connectivity index is 1.37. The van der Waals surface area contributed by atoms with Crippen molar-refractivity contribution in [2.75, 3.05) is 19.6 Å². The Morgan fingerprint density at radius 1 is 1.14 bits per heavy atom. The predicted molar refractivity (Wildman–Crippen MR) is 89.8 cm³/mol. The average molecular weight is 286 g/mol. The summed E-state index contributed by atoms with van der Waals surface area (Å²) in [5.74, 6) is 0. The van der Waals surface area contributed by atoms with E-state index in [0.717, 1.165) is 6.04 Å². The second-order valence-corrected chi connectivity index (χ2v) is 6.90. The summed E-state index contributed by atoms with van der Waals surface area (Å²) in [6, 6.07) is 10.5. The first-order chi connectivity index (χ1) is 10.3. The fourth-order valence-electron chi connectivity index (χ4n) is 3.95. The fourth-order valence-corrected chi connectivity index (χ4v) is 3.95. The van der Waals surface area contributed by atoms with E-state index in [1.807, 2.05) is 0 Å². The molecule has 2 atom stereocenters. The number of rotatable bonds is 5. The van der Waals surface area contributed by atoms with E-state index in [-0.39, 0.29) is 0 Å². The summed E-state index contributed by atoms with van der Waals surface area (Å²) in [7, 11) is 0. The third-order valence-corrected chi connectivity index (χ3v) is 5.34. The Bertz CT molecular complexity index is 443. The van der Waals surface area contributed by atoms with Crippen molar-refractivity contribution in [1.82, 2.24) is 10.2 Å². The highest BCUT2D eigenvalue weighted by atomic mass is 15.2. The highest BCUT2D eigenvalue weighted by Gasteiger charge is 2.19. The maximum Gasteiger partial charge on any atom is 0.0111 e. The van der Waals surface area contributed by atoms with Gasteiger partial charge in [0, 0.05) is 12.1 Å². The lowest BCUT2D eigenvalue weighted by molar-refractivity contribution is 0.158. The number of nitrogens with zero attached hydrogens (tertiary/aromatic N) is 1. The Morgan fingerprint density at radius 3 is 2.86 bits per heavy atom. The van der Waals surface area contributed by atoms with Crippen LogP contribution >= 0.6 is 0 Å². The molecule has 0 saturated carbocycles. The molecule has 116 valence electrons. The Morgan fingerprint density at radius 2 is 2.00 bits per heavy atom. The van der Waals surface area contributed by atoms with Gasteiger partial charge in [-0.05, 0) is 76.2 Å². The molecule has 1 aromatic rings. The second kappa shape index (κ2) is 7.42. The van der Waals surface area contributed by atoms with Gasteiger partial charge in [0.15, 0.2) is 0 Å². The average Bonchev–Trinajstić information content (AvgIpc) is 2.53. The number of hydrogen-bond acceptors (Lipinski definition) is 2. The normalized spacial score (nSPS) is 26.5. The van der Waals surface area contributed by atoms with Gasteiger partial charge in [-0.3, -0.25) is 0 Å². The van der Waals surface area contributed by atoms with Crippen molar-refractivity contribution in [3.8, 4) is 0 Å². The molecule has 2 aliphatic rings. The van der Waals surface area contributed by atoms with E-state index in [4.69, 9.17) is 0 Å². The summed E-state index contributed by atoms with van der Waals surface area (Å²) in [5.41, 5.74) is 3.13. The van der Waals surface area contributed by atoms with Gasteiger partial charge in [-0.2, -0.15) is 0 Å². The van der Waals surface area contributed by atoms with Crippen molar-refractivity contribution in [2.45, 2.75) is 64.0 Å². The molecule has 21 heavy (non-hydrogen) atoms. The van der Waals surface area contributed by atoms with Crippen molar-refractivity contribution in [3.63, 3.8) is 0 Å². The van der Waals surface area contributed by atoms with Gasteiger partial charge in [0.1, 0.15) is 0 Å². The number of benzene rings is 1.